The molecule has 19 heavy (non-hydrogen) atoms. The van der Waals surface area contributed by atoms with Gasteiger partial charge in [0.25, 0.3) is 0 Å². The van der Waals surface area contributed by atoms with Crippen LogP contribution in [0.2, 0.25) is 0 Å². The van der Waals surface area contributed by atoms with E-state index in [4.69, 9.17) is 25.8 Å². The second-order valence-electron chi connectivity index (χ2n) is 5.26. The van der Waals surface area contributed by atoms with E-state index < -0.39 is 0 Å². The lowest BCUT2D eigenvalue weighted by Crippen LogP contribution is -2.19. The van der Waals surface area contributed by atoms with Crippen molar-refractivity contribution < 1.29 is 14.2 Å². The molecule has 2 aliphatic heterocycles. The molecule has 3 atom stereocenters. The molecule has 0 amide bonds. The Hall–Kier alpha value is -0.930. The molecule has 2 aliphatic rings. The maximum atomic E-state index is 6.57. The Labute approximate surface area is 118 Å². The Balaban J connectivity index is 1.82. The van der Waals surface area contributed by atoms with Crippen molar-refractivity contribution in [1.29, 1.82) is 0 Å². The quantitative estimate of drug-likeness (QED) is 0.777. The van der Waals surface area contributed by atoms with Crippen molar-refractivity contribution in [1.82, 2.24) is 0 Å². The lowest BCUT2D eigenvalue weighted by Gasteiger charge is -2.21. The Morgan fingerprint density at radius 1 is 1.16 bits per heavy atom. The van der Waals surface area contributed by atoms with Gasteiger partial charge < -0.3 is 14.2 Å². The van der Waals surface area contributed by atoms with Crippen molar-refractivity contribution in [2.24, 2.45) is 5.92 Å². The van der Waals surface area contributed by atoms with Gasteiger partial charge in [-0.25, -0.2) is 0 Å². The molecule has 3 unspecified atom stereocenters. The fraction of sp³-hybridized carbons (Fsp3) is 0.600. The Morgan fingerprint density at radius 3 is 2.68 bits per heavy atom. The molecular weight excluding hydrogens is 264 g/mol. The number of ether oxygens (including phenoxy) is 3. The first kappa shape index (κ1) is 13.1. The van der Waals surface area contributed by atoms with Crippen LogP contribution >= 0.6 is 11.6 Å². The van der Waals surface area contributed by atoms with Gasteiger partial charge in [-0.05, 0) is 30.0 Å². The third-order valence-electron chi connectivity index (χ3n) is 3.82. The number of halogens is 1. The van der Waals surface area contributed by atoms with Gasteiger partial charge in [-0.3, -0.25) is 0 Å². The van der Waals surface area contributed by atoms with Gasteiger partial charge in [0.05, 0.1) is 24.7 Å². The lowest BCUT2D eigenvalue weighted by atomic mass is 9.97. The maximum absolute atomic E-state index is 6.57. The van der Waals surface area contributed by atoms with Crippen LogP contribution in [0.4, 0.5) is 0 Å². The predicted octanol–water partition coefficient (Wildman–Crippen LogP) is 3.55. The van der Waals surface area contributed by atoms with Crippen molar-refractivity contribution >= 4 is 11.6 Å². The van der Waals surface area contributed by atoms with E-state index in [2.05, 4.69) is 6.92 Å². The van der Waals surface area contributed by atoms with Crippen LogP contribution in [0.3, 0.4) is 0 Å². The molecule has 3 nitrogen and oxygen atoms in total. The number of fused-ring (bicyclic) bond motifs is 1. The van der Waals surface area contributed by atoms with Crippen LogP contribution in [-0.4, -0.2) is 25.9 Å². The van der Waals surface area contributed by atoms with E-state index >= 15 is 0 Å². The molecule has 0 radical (unpaired) electrons. The summed E-state index contributed by atoms with van der Waals surface area (Å²) in [5, 5.41) is -0.130. The van der Waals surface area contributed by atoms with Gasteiger partial charge in [0.15, 0.2) is 11.5 Å². The minimum Gasteiger partial charge on any atom is -0.490 e. The molecule has 4 heteroatoms. The van der Waals surface area contributed by atoms with E-state index in [1.807, 2.05) is 18.2 Å². The van der Waals surface area contributed by atoms with Gasteiger partial charge in [0.1, 0.15) is 0 Å². The summed E-state index contributed by atoms with van der Waals surface area (Å²) in [5.41, 5.74) is 1.05. The average Bonchev–Trinajstić information content (AvgIpc) is 2.72. The highest BCUT2D eigenvalue weighted by atomic mass is 35.5. The summed E-state index contributed by atoms with van der Waals surface area (Å²) in [6.45, 7) is 4.40. The van der Waals surface area contributed by atoms with Crippen molar-refractivity contribution in [3.63, 3.8) is 0 Å². The number of alkyl halides is 1. The summed E-state index contributed by atoms with van der Waals surface area (Å²) in [7, 11) is 0. The summed E-state index contributed by atoms with van der Waals surface area (Å²) in [5.74, 6) is 2.11. The second-order valence-corrected chi connectivity index (χ2v) is 5.73. The minimum atomic E-state index is -0.130. The summed E-state index contributed by atoms with van der Waals surface area (Å²) >= 11 is 6.57. The van der Waals surface area contributed by atoms with Gasteiger partial charge in [-0.15, -0.1) is 11.6 Å². The van der Waals surface area contributed by atoms with Crippen LogP contribution in [0.5, 0.6) is 11.5 Å². The highest BCUT2D eigenvalue weighted by Crippen LogP contribution is 2.39. The van der Waals surface area contributed by atoms with Gasteiger partial charge in [0.2, 0.25) is 0 Å². The molecule has 1 fully saturated rings. The average molecular weight is 283 g/mol. The molecule has 0 aliphatic carbocycles. The standard InChI is InChI=1S/C15H19ClO3/c1-10-5-8-19-15(10)14(16)11-3-4-12-13(9-11)18-7-2-6-17-12/h3-4,9-10,14-15H,2,5-8H2,1H3. The van der Waals surface area contributed by atoms with Gasteiger partial charge in [0, 0.05) is 13.0 Å². The third kappa shape index (κ3) is 2.67. The fourth-order valence-corrected chi connectivity index (χ4v) is 3.09. The summed E-state index contributed by atoms with van der Waals surface area (Å²) in [6.07, 6.45) is 2.08. The zero-order valence-corrected chi connectivity index (χ0v) is 11.9. The molecular formula is C15H19ClO3. The van der Waals surface area contributed by atoms with Crippen LogP contribution in [0.25, 0.3) is 0 Å². The second kappa shape index (κ2) is 5.59. The first-order valence-corrected chi connectivity index (χ1v) is 7.34. The van der Waals surface area contributed by atoms with Crippen LogP contribution in [0.1, 0.15) is 30.7 Å². The monoisotopic (exact) mass is 282 g/mol. The van der Waals surface area contributed by atoms with Crippen molar-refractivity contribution in [2.75, 3.05) is 19.8 Å². The smallest absolute Gasteiger partial charge is 0.161 e. The van der Waals surface area contributed by atoms with E-state index in [1.165, 1.54) is 0 Å². The van der Waals surface area contributed by atoms with Gasteiger partial charge >= 0.3 is 0 Å². The van der Waals surface area contributed by atoms with Crippen LogP contribution < -0.4 is 9.47 Å². The third-order valence-corrected chi connectivity index (χ3v) is 4.32. The SMILES string of the molecule is CC1CCOC1C(Cl)c1ccc2c(c1)OCCCO2. The fourth-order valence-electron chi connectivity index (χ4n) is 2.63. The van der Waals surface area contributed by atoms with Crippen LogP contribution in [-0.2, 0) is 4.74 Å². The molecule has 2 heterocycles. The first-order valence-electron chi connectivity index (χ1n) is 6.91. The molecule has 3 rings (SSSR count). The highest BCUT2D eigenvalue weighted by molar-refractivity contribution is 6.21. The molecule has 0 N–H and O–H groups in total. The van der Waals surface area contributed by atoms with E-state index in [-0.39, 0.29) is 11.5 Å². The zero-order valence-electron chi connectivity index (χ0n) is 11.1. The van der Waals surface area contributed by atoms with E-state index in [0.717, 1.165) is 36.5 Å². The lowest BCUT2D eigenvalue weighted by molar-refractivity contribution is 0.0903. The molecule has 0 saturated carbocycles. The summed E-state index contributed by atoms with van der Waals surface area (Å²) < 4.78 is 17.1. The summed E-state index contributed by atoms with van der Waals surface area (Å²) in [6, 6.07) is 5.96. The number of hydrogen-bond donors (Lipinski definition) is 0. The zero-order chi connectivity index (χ0) is 13.2. The first-order chi connectivity index (χ1) is 9.25. The molecule has 1 aromatic carbocycles. The van der Waals surface area contributed by atoms with Crippen molar-refractivity contribution in [3.8, 4) is 11.5 Å². The molecule has 0 aromatic heterocycles. The Kier molecular flexibility index (Phi) is 3.85. The number of hydrogen-bond acceptors (Lipinski definition) is 3. The van der Waals surface area contributed by atoms with Crippen LogP contribution in [0.15, 0.2) is 18.2 Å². The number of rotatable bonds is 2. The van der Waals surface area contributed by atoms with E-state index in [0.29, 0.717) is 19.1 Å². The van der Waals surface area contributed by atoms with Crippen LogP contribution in [0, 0.1) is 5.92 Å². The predicted molar refractivity (Wildman–Crippen MR) is 74.2 cm³/mol. The summed E-state index contributed by atoms with van der Waals surface area (Å²) in [4.78, 5) is 0. The Morgan fingerprint density at radius 2 is 1.95 bits per heavy atom. The van der Waals surface area contributed by atoms with Gasteiger partial charge in [-0.2, -0.15) is 0 Å². The van der Waals surface area contributed by atoms with Gasteiger partial charge in [-0.1, -0.05) is 13.0 Å². The number of benzene rings is 1. The Bertz CT molecular complexity index is 449. The maximum Gasteiger partial charge on any atom is 0.161 e. The normalized spacial score (nSPS) is 27.9. The molecule has 1 aromatic rings. The molecule has 0 spiro atoms. The highest BCUT2D eigenvalue weighted by Gasteiger charge is 2.32. The van der Waals surface area contributed by atoms with E-state index in [1.54, 1.807) is 0 Å². The topological polar surface area (TPSA) is 27.7 Å². The molecule has 0 bridgehead atoms. The molecule has 104 valence electrons. The van der Waals surface area contributed by atoms with E-state index in [9.17, 15) is 0 Å². The largest absolute Gasteiger partial charge is 0.490 e. The van der Waals surface area contributed by atoms with Crippen molar-refractivity contribution in [3.05, 3.63) is 23.8 Å². The van der Waals surface area contributed by atoms with Crippen molar-refractivity contribution in [2.45, 2.75) is 31.2 Å². The minimum absolute atomic E-state index is 0.0893. The molecule has 1 saturated heterocycles.